The molecule has 0 aromatic heterocycles. The van der Waals surface area contributed by atoms with Gasteiger partial charge in [-0.25, -0.2) is 0 Å². The molecule has 19 heavy (non-hydrogen) atoms. The van der Waals surface area contributed by atoms with E-state index in [9.17, 15) is 17.7 Å². The number of nitrogens with zero attached hydrogens (tertiary/aromatic N) is 1. The monoisotopic (exact) mass is 291 g/mol. The number of aryl methyl sites for hydroxylation is 1. The summed E-state index contributed by atoms with van der Waals surface area (Å²) in [4.78, 5) is 0. The van der Waals surface area contributed by atoms with Crippen LogP contribution < -0.4 is 0 Å². The topological polar surface area (TPSA) is 35.4 Å². The Morgan fingerprint density at radius 2 is 1.79 bits per heavy atom. The zero-order chi connectivity index (χ0) is 14.8. The molecule has 0 spiro atoms. The molecule has 0 saturated heterocycles. The van der Waals surface area contributed by atoms with Crippen LogP contribution in [0.15, 0.2) is 22.6 Å². The third-order valence-electron chi connectivity index (χ3n) is 2.38. The van der Waals surface area contributed by atoms with Crippen LogP contribution in [-0.2, 0) is 17.5 Å². The fraction of sp³-hybridized carbons (Fsp3) is 0.462. The lowest BCUT2D eigenvalue weighted by Crippen LogP contribution is -2.25. The SMILES string of the molecule is Cc1cc(C=N[S+]([O-])C(C)(C)C)ccc1C(F)(F)F. The van der Waals surface area contributed by atoms with Crippen molar-refractivity contribution in [2.24, 2.45) is 4.40 Å². The van der Waals surface area contributed by atoms with E-state index >= 15 is 0 Å². The maximum absolute atomic E-state index is 12.6. The fourth-order valence-electron chi connectivity index (χ4n) is 1.35. The third-order valence-corrected chi connectivity index (χ3v) is 3.72. The van der Waals surface area contributed by atoms with Crippen molar-refractivity contribution in [3.8, 4) is 0 Å². The minimum absolute atomic E-state index is 0.123. The molecule has 2 nitrogen and oxygen atoms in total. The molecule has 0 aliphatic heterocycles. The molecule has 0 aliphatic carbocycles. The fourth-order valence-corrected chi connectivity index (χ4v) is 1.89. The van der Waals surface area contributed by atoms with Crippen LogP contribution >= 0.6 is 0 Å². The summed E-state index contributed by atoms with van der Waals surface area (Å²) in [5.41, 5.74) is -0.0392. The molecular weight excluding hydrogens is 275 g/mol. The summed E-state index contributed by atoms with van der Waals surface area (Å²) in [5.74, 6) is 0. The number of alkyl halides is 3. The van der Waals surface area contributed by atoms with E-state index in [2.05, 4.69) is 4.40 Å². The molecule has 0 N–H and O–H groups in total. The predicted molar refractivity (Wildman–Crippen MR) is 71.7 cm³/mol. The molecular formula is C13H16F3NOS. The van der Waals surface area contributed by atoms with Crippen molar-refractivity contribution in [1.29, 1.82) is 0 Å². The quantitative estimate of drug-likeness (QED) is 0.601. The molecule has 106 valence electrons. The second-order valence-corrected chi connectivity index (χ2v) is 7.10. The second-order valence-electron chi connectivity index (χ2n) is 5.17. The van der Waals surface area contributed by atoms with Crippen molar-refractivity contribution in [1.82, 2.24) is 0 Å². The van der Waals surface area contributed by atoms with Gasteiger partial charge in [0.15, 0.2) is 0 Å². The highest BCUT2D eigenvalue weighted by atomic mass is 32.2. The molecule has 0 bridgehead atoms. The van der Waals surface area contributed by atoms with Gasteiger partial charge in [0.2, 0.25) is 0 Å². The van der Waals surface area contributed by atoms with Crippen LogP contribution in [0, 0.1) is 6.92 Å². The van der Waals surface area contributed by atoms with Gasteiger partial charge >= 0.3 is 6.18 Å². The van der Waals surface area contributed by atoms with Gasteiger partial charge in [0.25, 0.3) is 0 Å². The summed E-state index contributed by atoms with van der Waals surface area (Å²) in [5, 5.41) is 0. The first-order valence-corrected chi connectivity index (χ1v) is 6.76. The normalized spacial score (nSPS) is 14.9. The Labute approximate surface area is 114 Å². The largest absolute Gasteiger partial charge is 0.591 e. The molecule has 1 aromatic rings. The molecule has 1 unspecified atom stereocenters. The van der Waals surface area contributed by atoms with E-state index in [0.717, 1.165) is 6.07 Å². The van der Waals surface area contributed by atoms with Gasteiger partial charge in [0, 0.05) is 0 Å². The van der Waals surface area contributed by atoms with E-state index in [0.29, 0.717) is 5.56 Å². The van der Waals surface area contributed by atoms with Gasteiger partial charge in [0.1, 0.15) is 16.1 Å². The zero-order valence-electron chi connectivity index (χ0n) is 11.2. The van der Waals surface area contributed by atoms with Crippen molar-refractivity contribution >= 4 is 17.6 Å². The van der Waals surface area contributed by atoms with Crippen LogP contribution in [0.4, 0.5) is 13.2 Å². The molecule has 0 amide bonds. The van der Waals surface area contributed by atoms with E-state index in [1.165, 1.54) is 25.3 Å². The highest BCUT2D eigenvalue weighted by Crippen LogP contribution is 2.31. The number of rotatable bonds is 2. The highest BCUT2D eigenvalue weighted by Gasteiger charge is 2.32. The Morgan fingerprint density at radius 3 is 2.21 bits per heavy atom. The first-order chi connectivity index (χ1) is 8.51. The lowest BCUT2D eigenvalue weighted by Gasteiger charge is -2.17. The number of hydrogen-bond acceptors (Lipinski definition) is 2. The highest BCUT2D eigenvalue weighted by molar-refractivity contribution is 7.91. The number of hydrogen-bond donors (Lipinski definition) is 0. The molecule has 1 rings (SSSR count). The van der Waals surface area contributed by atoms with Crippen molar-refractivity contribution < 1.29 is 17.7 Å². The summed E-state index contributed by atoms with van der Waals surface area (Å²) in [6, 6.07) is 3.71. The minimum atomic E-state index is -4.35. The average Bonchev–Trinajstić information content (AvgIpc) is 2.22. The summed E-state index contributed by atoms with van der Waals surface area (Å²) in [6.45, 7) is 6.72. The van der Waals surface area contributed by atoms with Crippen molar-refractivity contribution in [3.05, 3.63) is 34.9 Å². The Bertz CT molecular complexity index is 478. The molecule has 0 radical (unpaired) electrons. The van der Waals surface area contributed by atoms with E-state index in [1.54, 1.807) is 20.8 Å². The maximum atomic E-state index is 12.6. The summed E-state index contributed by atoms with van der Waals surface area (Å²) in [7, 11) is 0. The van der Waals surface area contributed by atoms with Gasteiger partial charge in [-0.05, 0) is 51.0 Å². The van der Waals surface area contributed by atoms with E-state index in [-0.39, 0.29) is 5.56 Å². The Hall–Kier alpha value is -1.01. The van der Waals surface area contributed by atoms with Crippen LogP contribution in [0.2, 0.25) is 0 Å². The van der Waals surface area contributed by atoms with E-state index in [1.807, 2.05) is 0 Å². The Kier molecular flexibility index (Phi) is 4.68. The third kappa shape index (κ3) is 4.54. The predicted octanol–water partition coefficient (Wildman–Crippen LogP) is 3.89. The Balaban J connectivity index is 2.94. The molecule has 0 fully saturated rings. The summed E-state index contributed by atoms with van der Waals surface area (Å²) < 4.78 is 52.8. The molecule has 1 aromatic carbocycles. The molecule has 0 heterocycles. The molecule has 1 atom stereocenters. The van der Waals surface area contributed by atoms with Crippen molar-refractivity contribution in [3.63, 3.8) is 0 Å². The van der Waals surface area contributed by atoms with Crippen LogP contribution in [0.25, 0.3) is 0 Å². The first kappa shape index (κ1) is 16.0. The summed E-state index contributed by atoms with van der Waals surface area (Å²) >= 11 is -1.42. The van der Waals surface area contributed by atoms with Gasteiger partial charge in [-0.3, -0.25) is 0 Å². The number of halogens is 3. The maximum Gasteiger partial charge on any atom is 0.416 e. The second kappa shape index (κ2) is 5.54. The van der Waals surface area contributed by atoms with Gasteiger partial charge in [-0.15, -0.1) is 0 Å². The standard InChI is InChI=1S/C13H16F3NOS/c1-9-7-10(5-6-11(9)13(14,15)16)8-17-19(18)12(2,3)4/h5-8H,1-4H3. The lowest BCUT2D eigenvalue weighted by molar-refractivity contribution is -0.138. The lowest BCUT2D eigenvalue weighted by atomic mass is 10.1. The Morgan fingerprint density at radius 1 is 1.21 bits per heavy atom. The van der Waals surface area contributed by atoms with Gasteiger partial charge in [-0.2, -0.15) is 13.2 Å². The van der Waals surface area contributed by atoms with Crippen LogP contribution in [0.5, 0.6) is 0 Å². The van der Waals surface area contributed by atoms with Gasteiger partial charge in [0.05, 0.1) is 11.8 Å². The van der Waals surface area contributed by atoms with E-state index in [4.69, 9.17) is 0 Å². The average molecular weight is 291 g/mol. The zero-order valence-corrected chi connectivity index (χ0v) is 12.0. The number of benzene rings is 1. The van der Waals surface area contributed by atoms with Crippen LogP contribution in [0.1, 0.15) is 37.5 Å². The van der Waals surface area contributed by atoms with Gasteiger partial charge in [-0.1, -0.05) is 10.5 Å². The molecule has 0 saturated carbocycles. The molecule has 6 heteroatoms. The van der Waals surface area contributed by atoms with E-state index < -0.39 is 27.8 Å². The van der Waals surface area contributed by atoms with Crippen molar-refractivity contribution in [2.75, 3.05) is 0 Å². The first-order valence-electron chi connectivity index (χ1n) is 5.66. The molecule has 0 aliphatic rings. The minimum Gasteiger partial charge on any atom is -0.591 e. The van der Waals surface area contributed by atoms with Crippen LogP contribution in [0.3, 0.4) is 0 Å². The van der Waals surface area contributed by atoms with Crippen molar-refractivity contribution in [2.45, 2.75) is 38.6 Å². The van der Waals surface area contributed by atoms with Crippen LogP contribution in [-0.4, -0.2) is 15.5 Å². The summed E-state index contributed by atoms with van der Waals surface area (Å²) in [6.07, 6.45) is -3.01. The smallest absolute Gasteiger partial charge is 0.416 e. The van der Waals surface area contributed by atoms with Gasteiger partial charge < -0.3 is 4.55 Å².